The molecule has 0 radical (unpaired) electrons. The van der Waals surface area contributed by atoms with Crippen LogP contribution in [0.5, 0.6) is 0 Å². The molecule has 0 N–H and O–H groups in total. The van der Waals surface area contributed by atoms with E-state index in [1.54, 1.807) is 29.4 Å². The van der Waals surface area contributed by atoms with Crippen molar-refractivity contribution >= 4 is 34.5 Å². The summed E-state index contributed by atoms with van der Waals surface area (Å²) in [6.45, 7) is 0.449. The summed E-state index contributed by atoms with van der Waals surface area (Å²) in [5, 5.41) is 2.50. The van der Waals surface area contributed by atoms with Gasteiger partial charge < -0.3 is 4.90 Å². The van der Waals surface area contributed by atoms with Crippen molar-refractivity contribution in [3.05, 3.63) is 81.8 Å². The van der Waals surface area contributed by atoms with Crippen molar-refractivity contribution in [1.29, 1.82) is 0 Å². The third kappa shape index (κ3) is 3.35. The smallest absolute Gasteiger partial charge is 0.268 e. The molecule has 22 heavy (non-hydrogen) atoms. The lowest BCUT2D eigenvalue weighted by atomic mass is 10.2. The number of anilines is 1. The Morgan fingerprint density at radius 2 is 2.09 bits per heavy atom. The van der Waals surface area contributed by atoms with E-state index in [2.05, 4.69) is 4.98 Å². The van der Waals surface area contributed by atoms with Crippen LogP contribution in [-0.2, 0) is 6.54 Å². The van der Waals surface area contributed by atoms with E-state index in [1.165, 1.54) is 11.3 Å². The van der Waals surface area contributed by atoms with Gasteiger partial charge in [-0.15, -0.1) is 11.3 Å². The van der Waals surface area contributed by atoms with E-state index in [-0.39, 0.29) is 5.91 Å². The lowest BCUT2D eigenvalue weighted by Crippen LogP contribution is -2.29. The summed E-state index contributed by atoms with van der Waals surface area (Å²) in [5.74, 6) is -0.0406. The molecule has 1 amide bonds. The van der Waals surface area contributed by atoms with Crippen LogP contribution in [0, 0.1) is 0 Å². The first-order valence-corrected chi connectivity index (χ1v) is 7.99. The largest absolute Gasteiger partial charge is 0.303 e. The van der Waals surface area contributed by atoms with Crippen LogP contribution in [0.4, 0.5) is 5.69 Å². The van der Waals surface area contributed by atoms with Gasteiger partial charge in [0.05, 0.1) is 11.4 Å². The molecule has 0 unspecified atom stereocenters. The number of benzene rings is 1. The number of pyridine rings is 1. The molecule has 0 spiro atoms. The van der Waals surface area contributed by atoms with Gasteiger partial charge in [0.2, 0.25) is 0 Å². The minimum Gasteiger partial charge on any atom is -0.303 e. The first kappa shape index (κ1) is 14.8. The van der Waals surface area contributed by atoms with Crippen LogP contribution in [-0.4, -0.2) is 10.9 Å². The summed E-state index contributed by atoms with van der Waals surface area (Å²) in [6, 6.07) is 14.8. The Labute approximate surface area is 137 Å². The lowest BCUT2D eigenvalue weighted by Gasteiger charge is -2.22. The third-order valence-corrected chi connectivity index (χ3v) is 4.25. The Kier molecular flexibility index (Phi) is 4.51. The normalized spacial score (nSPS) is 10.4. The van der Waals surface area contributed by atoms with Crippen LogP contribution in [0.3, 0.4) is 0 Å². The van der Waals surface area contributed by atoms with E-state index < -0.39 is 0 Å². The maximum Gasteiger partial charge on any atom is 0.268 e. The van der Waals surface area contributed by atoms with Crippen LogP contribution in [0.15, 0.2) is 66.3 Å². The molecule has 0 fully saturated rings. The summed E-state index contributed by atoms with van der Waals surface area (Å²) < 4.78 is 0. The van der Waals surface area contributed by atoms with Crippen molar-refractivity contribution < 1.29 is 4.79 Å². The fourth-order valence-corrected chi connectivity index (χ4v) is 2.99. The molecule has 1 aromatic carbocycles. The summed E-state index contributed by atoms with van der Waals surface area (Å²) in [6.07, 6.45) is 3.48. The quantitative estimate of drug-likeness (QED) is 0.698. The number of hydrogen-bond acceptors (Lipinski definition) is 3. The van der Waals surface area contributed by atoms with Crippen molar-refractivity contribution in [2.75, 3.05) is 4.90 Å². The molecule has 3 aromatic rings. The predicted octanol–water partition coefficient (Wildman–Crippen LogP) is 4.64. The molecule has 0 saturated carbocycles. The summed E-state index contributed by atoms with van der Waals surface area (Å²) in [7, 11) is 0. The fraction of sp³-hybridized carbons (Fsp3) is 0.0588. The van der Waals surface area contributed by atoms with Crippen molar-refractivity contribution in [2.24, 2.45) is 0 Å². The number of rotatable bonds is 4. The Hall–Kier alpha value is -2.17. The van der Waals surface area contributed by atoms with Crippen LogP contribution >= 0.6 is 22.9 Å². The molecule has 5 heteroatoms. The van der Waals surface area contributed by atoms with E-state index in [1.807, 2.05) is 41.8 Å². The SMILES string of the molecule is O=C(c1cccs1)N(Cc1cccnc1)c1cccc(Cl)c1. The van der Waals surface area contributed by atoms with Gasteiger partial charge in [-0.2, -0.15) is 0 Å². The minimum atomic E-state index is -0.0406. The van der Waals surface area contributed by atoms with Gasteiger partial charge >= 0.3 is 0 Å². The van der Waals surface area contributed by atoms with Gasteiger partial charge in [-0.25, -0.2) is 0 Å². The molecule has 0 aliphatic heterocycles. The average molecular weight is 329 g/mol. The molecule has 0 aliphatic carbocycles. The van der Waals surface area contributed by atoms with Crippen molar-refractivity contribution in [3.8, 4) is 0 Å². The number of aromatic nitrogens is 1. The summed E-state index contributed by atoms with van der Waals surface area (Å²) in [4.78, 5) is 19.3. The second-order valence-corrected chi connectivity index (χ2v) is 6.09. The monoisotopic (exact) mass is 328 g/mol. The summed E-state index contributed by atoms with van der Waals surface area (Å²) >= 11 is 7.50. The minimum absolute atomic E-state index is 0.0406. The van der Waals surface area contributed by atoms with Crippen molar-refractivity contribution in [3.63, 3.8) is 0 Å². The zero-order chi connectivity index (χ0) is 15.4. The van der Waals surface area contributed by atoms with Gasteiger partial charge in [-0.1, -0.05) is 29.8 Å². The molecule has 0 bridgehead atoms. The highest BCUT2D eigenvalue weighted by molar-refractivity contribution is 7.12. The maximum absolute atomic E-state index is 12.8. The number of carbonyl (C=O) groups excluding carboxylic acids is 1. The molecule has 110 valence electrons. The highest BCUT2D eigenvalue weighted by atomic mass is 35.5. The van der Waals surface area contributed by atoms with E-state index in [0.29, 0.717) is 16.4 Å². The van der Waals surface area contributed by atoms with E-state index in [9.17, 15) is 4.79 Å². The second-order valence-electron chi connectivity index (χ2n) is 4.71. The molecular weight excluding hydrogens is 316 g/mol. The number of carbonyl (C=O) groups is 1. The molecule has 3 rings (SSSR count). The van der Waals surface area contributed by atoms with Gasteiger partial charge in [0.25, 0.3) is 5.91 Å². The standard InChI is InChI=1S/C17H13ClN2OS/c18-14-5-1-6-15(10-14)20(12-13-4-2-8-19-11-13)17(21)16-7-3-9-22-16/h1-11H,12H2. The molecule has 3 nitrogen and oxygen atoms in total. The van der Waals surface area contributed by atoms with Gasteiger partial charge in [0, 0.05) is 23.1 Å². The second kappa shape index (κ2) is 6.73. The lowest BCUT2D eigenvalue weighted by molar-refractivity contribution is 0.0989. The van der Waals surface area contributed by atoms with Gasteiger partial charge in [-0.3, -0.25) is 9.78 Å². The van der Waals surface area contributed by atoms with E-state index in [0.717, 1.165) is 11.3 Å². The Bertz CT molecular complexity index is 759. The number of nitrogens with zero attached hydrogens (tertiary/aromatic N) is 2. The van der Waals surface area contributed by atoms with Crippen molar-refractivity contribution in [2.45, 2.75) is 6.54 Å². The molecule has 0 atom stereocenters. The molecule has 2 heterocycles. The average Bonchev–Trinajstić information content (AvgIpc) is 3.07. The number of hydrogen-bond donors (Lipinski definition) is 0. The van der Waals surface area contributed by atoms with Gasteiger partial charge in [0.1, 0.15) is 0 Å². The highest BCUT2D eigenvalue weighted by Gasteiger charge is 2.19. The van der Waals surface area contributed by atoms with Crippen molar-refractivity contribution in [1.82, 2.24) is 4.98 Å². The number of amides is 1. The topological polar surface area (TPSA) is 33.2 Å². The molecular formula is C17H13ClN2OS. The molecule has 0 saturated heterocycles. The molecule has 2 aromatic heterocycles. The van der Waals surface area contributed by atoms with Crippen LogP contribution in [0.1, 0.15) is 15.2 Å². The number of thiophene rings is 1. The number of halogens is 1. The van der Waals surface area contributed by atoms with Crippen LogP contribution < -0.4 is 4.90 Å². The Morgan fingerprint density at radius 3 is 2.77 bits per heavy atom. The van der Waals surface area contributed by atoms with E-state index >= 15 is 0 Å². The third-order valence-electron chi connectivity index (χ3n) is 3.16. The Balaban J connectivity index is 1.96. The van der Waals surface area contributed by atoms with Gasteiger partial charge in [0.15, 0.2) is 0 Å². The molecule has 0 aliphatic rings. The van der Waals surface area contributed by atoms with E-state index in [4.69, 9.17) is 11.6 Å². The highest BCUT2D eigenvalue weighted by Crippen LogP contribution is 2.24. The zero-order valence-corrected chi connectivity index (χ0v) is 13.2. The fourth-order valence-electron chi connectivity index (χ4n) is 2.13. The Morgan fingerprint density at radius 1 is 1.18 bits per heavy atom. The first-order chi connectivity index (χ1) is 10.7. The van der Waals surface area contributed by atoms with Crippen LogP contribution in [0.25, 0.3) is 0 Å². The maximum atomic E-state index is 12.8. The first-order valence-electron chi connectivity index (χ1n) is 6.74. The predicted molar refractivity (Wildman–Crippen MR) is 90.5 cm³/mol. The van der Waals surface area contributed by atoms with Gasteiger partial charge in [-0.05, 0) is 41.3 Å². The van der Waals surface area contributed by atoms with Crippen LogP contribution in [0.2, 0.25) is 5.02 Å². The summed E-state index contributed by atoms with van der Waals surface area (Å²) in [5.41, 5.74) is 1.74. The zero-order valence-electron chi connectivity index (χ0n) is 11.6.